The fraction of sp³-hybridized carbons (Fsp3) is 0.231. The number of carboxylic acid groups (broad SMARTS) is 1. The molecular formula is C13H14N4O4. The van der Waals surface area contributed by atoms with Gasteiger partial charge in [0.05, 0.1) is 17.0 Å². The van der Waals surface area contributed by atoms with Crippen LogP contribution < -0.4 is 5.32 Å². The lowest BCUT2D eigenvalue weighted by atomic mass is 10.1. The molecule has 0 saturated heterocycles. The van der Waals surface area contributed by atoms with Gasteiger partial charge in [0.15, 0.2) is 0 Å². The SMILES string of the molecule is CC(Cn1cccn1)Nc1ccc(C(=O)O)cc1[N+](=O)[O-]. The van der Waals surface area contributed by atoms with E-state index in [2.05, 4.69) is 10.4 Å². The molecule has 0 fully saturated rings. The van der Waals surface area contributed by atoms with Gasteiger partial charge in [-0.2, -0.15) is 5.10 Å². The van der Waals surface area contributed by atoms with E-state index in [0.29, 0.717) is 6.54 Å². The third-order valence-corrected chi connectivity index (χ3v) is 2.86. The molecule has 110 valence electrons. The zero-order chi connectivity index (χ0) is 15.4. The molecule has 2 aromatic rings. The lowest BCUT2D eigenvalue weighted by Crippen LogP contribution is -2.22. The quantitative estimate of drug-likeness (QED) is 0.621. The van der Waals surface area contributed by atoms with Crippen LogP contribution in [0.2, 0.25) is 0 Å². The molecule has 0 aliphatic carbocycles. The second-order valence-electron chi connectivity index (χ2n) is 4.57. The van der Waals surface area contributed by atoms with E-state index >= 15 is 0 Å². The summed E-state index contributed by atoms with van der Waals surface area (Å²) in [7, 11) is 0. The Balaban J connectivity index is 2.18. The van der Waals surface area contributed by atoms with Crippen LogP contribution in [0.5, 0.6) is 0 Å². The van der Waals surface area contributed by atoms with Crippen LogP contribution in [-0.2, 0) is 6.54 Å². The Hall–Kier alpha value is -2.90. The number of carboxylic acids is 1. The van der Waals surface area contributed by atoms with E-state index in [9.17, 15) is 14.9 Å². The smallest absolute Gasteiger partial charge is 0.335 e. The molecule has 0 spiro atoms. The maximum atomic E-state index is 11.1. The maximum Gasteiger partial charge on any atom is 0.335 e. The van der Waals surface area contributed by atoms with Crippen molar-refractivity contribution in [3.05, 3.63) is 52.3 Å². The molecule has 0 aliphatic heterocycles. The van der Waals surface area contributed by atoms with Gasteiger partial charge in [-0.05, 0) is 25.1 Å². The molecule has 1 unspecified atom stereocenters. The maximum absolute atomic E-state index is 11.1. The molecule has 8 heteroatoms. The topological polar surface area (TPSA) is 110 Å². The lowest BCUT2D eigenvalue weighted by Gasteiger charge is -2.15. The summed E-state index contributed by atoms with van der Waals surface area (Å²) in [5.41, 5.74) is -0.0983. The van der Waals surface area contributed by atoms with Gasteiger partial charge in [0.25, 0.3) is 5.69 Å². The highest BCUT2D eigenvalue weighted by atomic mass is 16.6. The normalized spacial score (nSPS) is 11.9. The Morgan fingerprint density at radius 1 is 1.57 bits per heavy atom. The number of anilines is 1. The molecule has 0 amide bonds. The Kier molecular flexibility index (Phi) is 4.17. The van der Waals surface area contributed by atoms with Crippen LogP contribution in [0.1, 0.15) is 17.3 Å². The summed E-state index contributed by atoms with van der Waals surface area (Å²) in [5.74, 6) is -1.20. The molecule has 0 radical (unpaired) electrons. The lowest BCUT2D eigenvalue weighted by molar-refractivity contribution is -0.384. The summed E-state index contributed by atoms with van der Waals surface area (Å²) in [6.45, 7) is 2.39. The number of aromatic nitrogens is 2. The first-order valence-electron chi connectivity index (χ1n) is 6.23. The number of hydrogen-bond donors (Lipinski definition) is 2. The number of benzene rings is 1. The van der Waals surface area contributed by atoms with Crippen LogP contribution in [0.4, 0.5) is 11.4 Å². The van der Waals surface area contributed by atoms with Crippen molar-refractivity contribution in [2.75, 3.05) is 5.32 Å². The van der Waals surface area contributed by atoms with E-state index in [4.69, 9.17) is 5.11 Å². The zero-order valence-electron chi connectivity index (χ0n) is 11.3. The minimum absolute atomic E-state index is 0.112. The van der Waals surface area contributed by atoms with Crippen LogP contribution in [-0.4, -0.2) is 31.8 Å². The summed E-state index contributed by atoms with van der Waals surface area (Å²) < 4.78 is 1.70. The van der Waals surface area contributed by atoms with Crippen LogP contribution in [0.15, 0.2) is 36.7 Å². The number of aromatic carboxylic acids is 1. The predicted octanol–water partition coefficient (Wildman–Crippen LogP) is 1.99. The molecule has 0 aliphatic rings. The van der Waals surface area contributed by atoms with Crippen molar-refractivity contribution >= 4 is 17.3 Å². The number of nitro benzene ring substituents is 1. The summed E-state index contributed by atoms with van der Waals surface area (Å²) in [6.07, 6.45) is 3.44. The summed E-state index contributed by atoms with van der Waals surface area (Å²) in [6, 6.07) is 5.46. The van der Waals surface area contributed by atoms with Crippen molar-refractivity contribution in [1.29, 1.82) is 0 Å². The summed E-state index contributed by atoms with van der Waals surface area (Å²) in [5, 5.41) is 27.0. The van der Waals surface area contributed by atoms with Crippen molar-refractivity contribution in [2.24, 2.45) is 0 Å². The fourth-order valence-corrected chi connectivity index (χ4v) is 1.94. The van der Waals surface area contributed by atoms with Crippen molar-refractivity contribution in [2.45, 2.75) is 19.5 Å². The highest BCUT2D eigenvalue weighted by Gasteiger charge is 2.18. The molecule has 21 heavy (non-hydrogen) atoms. The van der Waals surface area contributed by atoms with Gasteiger partial charge in [0.2, 0.25) is 0 Å². The number of rotatable bonds is 6. The first-order valence-corrected chi connectivity index (χ1v) is 6.23. The second-order valence-corrected chi connectivity index (χ2v) is 4.57. The van der Waals surface area contributed by atoms with Gasteiger partial charge in [0, 0.05) is 24.5 Å². The van der Waals surface area contributed by atoms with Crippen molar-refractivity contribution in [1.82, 2.24) is 9.78 Å². The fourth-order valence-electron chi connectivity index (χ4n) is 1.94. The minimum Gasteiger partial charge on any atom is -0.478 e. The van der Waals surface area contributed by atoms with E-state index in [1.165, 1.54) is 12.1 Å². The average molecular weight is 290 g/mol. The van der Waals surface area contributed by atoms with Gasteiger partial charge in [-0.15, -0.1) is 0 Å². The number of nitro groups is 1. The van der Waals surface area contributed by atoms with Crippen molar-refractivity contribution in [3.8, 4) is 0 Å². The van der Waals surface area contributed by atoms with E-state index in [1.807, 2.05) is 6.92 Å². The molecule has 0 saturated carbocycles. The average Bonchev–Trinajstić information content (AvgIpc) is 2.91. The Labute approximate surface area is 120 Å². The van der Waals surface area contributed by atoms with E-state index < -0.39 is 10.9 Å². The first kappa shape index (κ1) is 14.5. The van der Waals surface area contributed by atoms with Crippen LogP contribution >= 0.6 is 0 Å². The highest BCUT2D eigenvalue weighted by Crippen LogP contribution is 2.26. The molecule has 2 N–H and O–H groups in total. The Bertz CT molecular complexity index is 654. The van der Waals surface area contributed by atoms with Gasteiger partial charge in [-0.25, -0.2) is 4.79 Å². The summed E-state index contributed by atoms with van der Waals surface area (Å²) >= 11 is 0. The van der Waals surface area contributed by atoms with Crippen molar-refractivity contribution < 1.29 is 14.8 Å². The Morgan fingerprint density at radius 3 is 2.90 bits per heavy atom. The minimum atomic E-state index is -1.20. The van der Waals surface area contributed by atoms with Gasteiger partial charge < -0.3 is 10.4 Å². The standard InChI is InChI=1S/C13H14N4O4/c1-9(8-16-6-2-5-14-16)15-11-4-3-10(13(18)19)7-12(11)17(20)21/h2-7,9,15H,8H2,1H3,(H,18,19). The van der Waals surface area contributed by atoms with E-state index in [-0.39, 0.29) is 23.0 Å². The highest BCUT2D eigenvalue weighted by molar-refractivity contribution is 5.89. The predicted molar refractivity (Wildman–Crippen MR) is 75.4 cm³/mol. The van der Waals surface area contributed by atoms with Gasteiger partial charge >= 0.3 is 5.97 Å². The van der Waals surface area contributed by atoms with Gasteiger partial charge in [-0.3, -0.25) is 14.8 Å². The molecule has 8 nitrogen and oxygen atoms in total. The monoisotopic (exact) mass is 290 g/mol. The Morgan fingerprint density at radius 2 is 2.33 bits per heavy atom. The second kappa shape index (κ2) is 6.04. The van der Waals surface area contributed by atoms with E-state index in [0.717, 1.165) is 6.07 Å². The number of nitrogens with zero attached hydrogens (tertiary/aromatic N) is 3. The molecule has 1 aromatic carbocycles. The largest absolute Gasteiger partial charge is 0.478 e. The van der Waals surface area contributed by atoms with Gasteiger partial charge in [0.1, 0.15) is 5.69 Å². The third kappa shape index (κ3) is 3.56. The molecule has 0 bridgehead atoms. The molecule has 2 rings (SSSR count). The van der Waals surface area contributed by atoms with Crippen molar-refractivity contribution in [3.63, 3.8) is 0 Å². The molecule has 1 heterocycles. The third-order valence-electron chi connectivity index (χ3n) is 2.86. The first-order chi connectivity index (χ1) is 9.97. The van der Waals surface area contributed by atoms with Gasteiger partial charge in [-0.1, -0.05) is 0 Å². The van der Waals surface area contributed by atoms with Crippen LogP contribution in [0.25, 0.3) is 0 Å². The molecule has 1 atom stereocenters. The zero-order valence-corrected chi connectivity index (χ0v) is 11.3. The van der Waals surface area contributed by atoms with Crippen LogP contribution in [0.3, 0.4) is 0 Å². The molecular weight excluding hydrogens is 276 g/mol. The number of carbonyl (C=O) groups is 1. The number of nitrogens with one attached hydrogen (secondary N) is 1. The number of hydrogen-bond acceptors (Lipinski definition) is 5. The summed E-state index contributed by atoms with van der Waals surface area (Å²) in [4.78, 5) is 21.3. The van der Waals surface area contributed by atoms with Crippen LogP contribution in [0, 0.1) is 10.1 Å². The van der Waals surface area contributed by atoms with E-state index in [1.54, 1.807) is 23.1 Å². The molecule has 1 aromatic heterocycles.